The Morgan fingerprint density at radius 3 is 2.78 bits per heavy atom. The maximum absolute atomic E-state index is 12.6. The van der Waals surface area contributed by atoms with E-state index < -0.39 is 10.8 Å². The van der Waals surface area contributed by atoms with Crippen LogP contribution in [0, 0.1) is 0 Å². The zero-order valence-electron chi connectivity index (χ0n) is 14.4. The van der Waals surface area contributed by atoms with Gasteiger partial charge in [0.2, 0.25) is 0 Å². The monoisotopic (exact) mass is 438 g/mol. The van der Waals surface area contributed by atoms with Gasteiger partial charge in [0.25, 0.3) is 5.91 Å². The van der Waals surface area contributed by atoms with Crippen LogP contribution in [0.25, 0.3) is 0 Å². The van der Waals surface area contributed by atoms with Gasteiger partial charge in [-0.15, -0.1) is 11.3 Å². The van der Waals surface area contributed by atoms with E-state index in [0.717, 1.165) is 11.1 Å². The maximum Gasteiger partial charge on any atom is 0.279 e. The number of halogens is 2. The average molecular weight is 439 g/mol. The molecule has 27 heavy (non-hydrogen) atoms. The molecule has 140 valence electrons. The summed E-state index contributed by atoms with van der Waals surface area (Å²) < 4.78 is 13.3. The van der Waals surface area contributed by atoms with Gasteiger partial charge >= 0.3 is 0 Å². The normalized spacial score (nSPS) is 12.9. The zero-order chi connectivity index (χ0) is 19.4. The number of hydrogen-bond acceptors (Lipinski definition) is 3. The second kappa shape index (κ2) is 8.97. The number of rotatable bonds is 5. The molecule has 0 unspecified atom stereocenters. The van der Waals surface area contributed by atoms with Crippen molar-refractivity contribution in [3.8, 4) is 0 Å². The predicted octanol–water partition coefficient (Wildman–Crippen LogP) is 4.52. The highest BCUT2D eigenvalue weighted by Gasteiger charge is 2.08. The van der Waals surface area contributed by atoms with Gasteiger partial charge in [-0.1, -0.05) is 41.4 Å². The van der Waals surface area contributed by atoms with Gasteiger partial charge < -0.3 is 4.57 Å². The summed E-state index contributed by atoms with van der Waals surface area (Å²) in [6.45, 7) is 0.487. The Morgan fingerprint density at radius 2 is 2.04 bits per heavy atom. The van der Waals surface area contributed by atoms with Gasteiger partial charge in [-0.05, 0) is 35.4 Å². The molecule has 0 saturated heterocycles. The van der Waals surface area contributed by atoms with Crippen molar-refractivity contribution in [2.45, 2.75) is 12.3 Å². The van der Waals surface area contributed by atoms with Crippen molar-refractivity contribution in [1.29, 1.82) is 0 Å². The van der Waals surface area contributed by atoms with Gasteiger partial charge in [-0.25, -0.2) is 0 Å². The van der Waals surface area contributed by atoms with Crippen molar-refractivity contribution in [3.05, 3.63) is 85.6 Å². The van der Waals surface area contributed by atoms with E-state index in [-0.39, 0.29) is 5.91 Å². The molecule has 1 heterocycles. The Balaban J connectivity index is 1.87. The number of amides is 1. The number of benzene rings is 2. The SMILES string of the molecule is C[S@](=O)Cc1cccc(C(=O)N=c2sccn2Cc2ccc(Cl)cc2Cl)c1. The van der Waals surface area contributed by atoms with E-state index in [4.69, 9.17) is 23.2 Å². The molecule has 1 aromatic heterocycles. The Bertz CT molecular complexity index is 1070. The van der Waals surface area contributed by atoms with Crippen molar-refractivity contribution >= 4 is 51.2 Å². The summed E-state index contributed by atoms with van der Waals surface area (Å²) in [7, 11) is -0.966. The van der Waals surface area contributed by atoms with Gasteiger partial charge in [-0.3, -0.25) is 9.00 Å². The van der Waals surface area contributed by atoms with Crippen LogP contribution in [0.3, 0.4) is 0 Å². The van der Waals surface area contributed by atoms with Crippen LogP contribution in [-0.2, 0) is 23.1 Å². The van der Waals surface area contributed by atoms with E-state index in [0.29, 0.717) is 32.7 Å². The van der Waals surface area contributed by atoms with Gasteiger partial charge in [0.05, 0.1) is 6.54 Å². The Labute approximate surface area is 173 Å². The highest BCUT2D eigenvalue weighted by molar-refractivity contribution is 7.83. The maximum atomic E-state index is 12.6. The number of thiazole rings is 1. The lowest BCUT2D eigenvalue weighted by Gasteiger charge is -2.06. The average Bonchev–Trinajstić information content (AvgIpc) is 3.04. The van der Waals surface area contributed by atoms with Crippen LogP contribution < -0.4 is 4.80 Å². The smallest absolute Gasteiger partial charge is 0.279 e. The van der Waals surface area contributed by atoms with Gasteiger partial charge in [0.15, 0.2) is 4.80 Å². The molecule has 0 spiro atoms. The minimum Gasteiger partial charge on any atom is -0.319 e. The summed E-state index contributed by atoms with van der Waals surface area (Å²) in [6, 6.07) is 12.4. The third-order valence-electron chi connectivity index (χ3n) is 3.76. The topological polar surface area (TPSA) is 51.4 Å². The molecule has 3 rings (SSSR count). The van der Waals surface area contributed by atoms with Crippen molar-refractivity contribution in [2.24, 2.45) is 4.99 Å². The van der Waals surface area contributed by atoms with E-state index in [2.05, 4.69) is 4.99 Å². The summed E-state index contributed by atoms with van der Waals surface area (Å²) >= 11 is 13.6. The lowest BCUT2D eigenvalue weighted by Crippen LogP contribution is -2.17. The molecule has 1 atom stereocenters. The van der Waals surface area contributed by atoms with Crippen LogP contribution >= 0.6 is 34.5 Å². The standard InChI is InChI=1S/C19H16Cl2N2O2S2/c1-27(25)12-13-3-2-4-14(9-13)18(24)22-19-23(7-8-26-19)11-15-5-6-16(20)10-17(15)21/h2-10H,11-12H2,1H3/t27-/m0/s1. The van der Waals surface area contributed by atoms with Crippen LogP contribution in [-0.4, -0.2) is 20.9 Å². The summed E-state index contributed by atoms with van der Waals surface area (Å²) in [4.78, 5) is 17.4. The number of carbonyl (C=O) groups excluding carboxylic acids is 1. The first-order valence-electron chi connectivity index (χ1n) is 7.98. The molecule has 0 fully saturated rings. The van der Waals surface area contributed by atoms with Crippen molar-refractivity contribution in [1.82, 2.24) is 4.57 Å². The van der Waals surface area contributed by atoms with E-state index in [1.165, 1.54) is 11.3 Å². The quantitative estimate of drug-likeness (QED) is 0.587. The van der Waals surface area contributed by atoms with E-state index in [1.54, 1.807) is 36.6 Å². The summed E-state index contributed by atoms with van der Waals surface area (Å²) in [6.07, 6.45) is 3.49. The fourth-order valence-corrected chi connectivity index (χ4v) is 4.36. The largest absolute Gasteiger partial charge is 0.319 e. The minimum absolute atomic E-state index is 0.336. The lowest BCUT2D eigenvalue weighted by atomic mass is 10.1. The molecule has 4 nitrogen and oxygen atoms in total. The summed E-state index contributed by atoms with van der Waals surface area (Å²) in [5.74, 6) is 0.0759. The van der Waals surface area contributed by atoms with Crippen LogP contribution in [0.1, 0.15) is 21.5 Å². The number of nitrogens with zero attached hydrogens (tertiary/aromatic N) is 2. The van der Waals surface area contributed by atoms with Crippen LogP contribution in [0.5, 0.6) is 0 Å². The molecule has 8 heteroatoms. The third-order valence-corrected chi connectivity index (χ3v) is 5.88. The van der Waals surface area contributed by atoms with Crippen LogP contribution in [0.2, 0.25) is 10.0 Å². The number of aromatic nitrogens is 1. The van der Waals surface area contributed by atoms with E-state index in [1.807, 2.05) is 28.3 Å². The molecule has 0 saturated carbocycles. The minimum atomic E-state index is -0.966. The lowest BCUT2D eigenvalue weighted by molar-refractivity contribution is 0.0997. The molecular formula is C19H16Cl2N2O2S2. The first kappa shape index (κ1) is 20.0. The fourth-order valence-electron chi connectivity index (χ4n) is 2.52. The first-order valence-corrected chi connectivity index (χ1v) is 11.3. The van der Waals surface area contributed by atoms with E-state index in [9.17, 15) is 9.00 Å². The van der Waals surface area contributed by atoms with E-state index >= 15 is 0 Å². The molecule has 0 aliphatic carbocycles. The zero-order valence-corrected chi connectivity index (χ0v) is 17.5. The third kappa shape index (κ3) is 5.39. The first-order chi connectivity index (χ1) is 12.9. The Kier molecular flexibility index (Phi) is 6.65. The molecule has 2 aromatic carbocycles. The molecule has 0 bridgehead atoms. The van der Waals surface area contributed by atoms with Crippen LogP contribution in [0.4, 0.5) is 0 Å². The van der Waals surface area contributed by atoms with Crippen molar-refractivity contribution in [2.75, 3.05) is 6.26 Å². The predicted molar refractivity (Wildman–Crippen MR) is 112 cm³/mol. The molecule has 1 amide bonds. The Morgan fingerprint density at radius 1 is 1.22 bits per heavy atom. The fraction of sp³-hybridized carbons (Fsp3) is 0.158. The van der Waals surface area contributed by atoms with Gasteiger partial charge in [0, 0.05) is 50.0 Å². The molecule has 0 N–H and O–H groups in total. The molecule has 0 aliphatic rings. The molecule has 3 aromatic rings. The van der Waals surface area contributed by atoms with Crippen molar-refractivity contribution < 1.29 is 9.00 Å². The second-order valence-corrected chi connectivity index (χ2v) is 9.04. The Hall–Kier alpha value is -1.73. The number of carbonyl (C=O) groups is 1. The summed E-state index contributed by atoms with van der Waals surface area (Å²) in [5, 5.41) is 3.01. The molecule has 0 radical (unpaired) electrons. The van der Waals surface area contributed by atoms with Gasteiger partial charge in [-0.2, -0.15) is 4.99 Å². The molecular weight excluding hydrogens is 423 g/mol. The summed E-state index contributed by atoms with van der Waals surface area (Å²) in [5.41, 5.74) is 2.21. The van der Waals surface area contributed by atoms with Gasteiger partial charge in [0.1, 0.15) is 0 Å². The van der Waals surface area contributed by atoms with Crippen LogP contribution in [0.15, 0.2) is 59.0 Å². The highest BCUT2D eigenvalue weighted by Crippen LogP contribution is 2.21. The number of hydrogen-bond donors (Lipinski definition) is 0. The molecule has 0 aliphatic heterocycles. The van der Waals surface area contributed by atoms with Crippen molar-refractivity contribution in [3.63, 3.8) is 0 Å². The highest BCUT2D eigenvalue weighted by atomic mass is 35.5. The second-order valence-electron chi connectivity index (χ2n) is 5.88.